The SMILES string of the molecule is CCOC(=O)Cn1c(=NC(=O)c2cc(OC)c(OC)c(OC)c2)sc2cc(F)ccc21. The predicted octanol–water partition coefficient (Wildman–Crippen LogP) is 3.17. The number of esters is 1. The van der Waals surface area contributed by atoms with Crippen molar-refractivity contribution in [2.45, 2.75) is 13.5 Å². The maximum absolute atomic E-state index is 13.7. The van der Waals surface area contributed by atoms with Crippen LogP contribution in [0.2, 0.25) is 0 Å². The molecule has 0 N–H and O–H groups in total. The largest absolute Gasteiger partial charge is 0.493 e. The number of benzene rings is 2. The fraction of sp³-hybridized carbons (Fsp3) is 0.286. The van der Waals surface area contributed by atoms with Gasteiger partial charge in [0.1, 0.15) is 12.4 Å². The number of halogens is 1. The number of carbonyl (C=O) groups is 2. The van der Waals surface area contributed by atoms with Crippen LogP contribution in [0.1, 0.15) is 17.3 Å². The van der Waals surface area contributed by atoms with Crippen LogP contribution in [0.25, 0.3) is 10.2 Å². The van der Waals surface area contributed by atoms with E-state index in [0.29, 0.717) is 27.5 Å². The standard InChI is InChI=1S/C21H21FN2O6S/c1-5-30-18(25)11-24-14-7-6-13(22)10-17(14)31-21(24)23-20(26)12-8-15(27-2)19(29-4)16(9-12)28-3/h6-10H,5,11H2,1-4H3. The first-order chi connectivity index (χ1) is 14.9. The molecule has 8 nitrogen and oxygen atoms in total. The number of ether oxygens (including phenoxy) is 4. The van der Waals surface area contributed by atoms with E-state index in [1.165, 1.54) is 56.2 Å². The van der Waals surface area contributed by atoms with Gasteiger partial charge in [0.05, 0.1) is 38.2 Å². The van der Waals surface area contributed by atoms with Crippen molar-refractivity contribution < 1.29 is 32.9 Å². The molecule has 0 unspecified atom stereocenters. The van der Waals surface area contributed by atoms with Crippen molar-refractivity contribution in [1.82, 2.24) is 4.57 Å². The molecule has 2 aromatic carbocycles. The van der Waals surface area contributed by atoms with Crippen molar-refractivity contribution in [3.63, 3.8) is 0 Å². The molecule has 0 saturated carbocycles. The summed E-state index contributed by atoms with van der Waals surface area (Å²) in [6.45, 7) is 1.75. The minimum Gasteiger partial charge on any atom is -0.493 e. The summed E-state index contributed by atoms with van der Waals surface area (Å²) in [4.78, 5) is 29.4. The zero-order valence-electron chi connectivity index (χ0n) is 17.4. The molecule has 1 aromatic heterocycles. The van der Waals surface area contributed by atoms with E-state index in [-0.39, 0.29) is 23.5 Å². The van der Waals surface area contributed by atoms with Crippen LogP contribution >= 0.6 is 11.3 Å². The molecule has 3 rings (SSSR count). The van der Waals surface area contributed by atoms with Gasteiger partial charge in [-0.3, -0.25) is 9.59 Å². The molecular formula is C21H21FN2O6S. The Morgan fingerprint density at radius 1 is 1.06 bits per heavy atom. The first-order valence-corrected chi connectivity index (χ1v) is 10.1. The van der Waals surface area contributed by atoms with E-state index in [2.05, 4.69) is 4.99 Å². The van der Waals surface area contributed by atoms with Gasteiger partial charge in [-0.15, -0.1) is 0 Å². The number of rotatable bonds is 7. The van der Waals surface area contributed by atoms with Crippen LogP contribution in [-0.2, 0) is 16.1 Å². The number of hydrogen-bond acceptors (Lipinski definition) is 7. The van der Waals surface area contributed by atoms with Gasteiger partial charge < -0.3 is 23.5 Å². The monoisotopic (exact) mass is 448 g/mol. The topological polar surface area (TPSA) is 88.4 Å². The molecule has 0 radical (unpaired) electrons. The van der Waals surface area contributed by atoms with Gasteiger partial charge in [-0.25, -0.2) is 4.39 Å². The van der Waals surface area contributed by atoms with E-state index in [0.717, 1.165) is 11.3 Å². The van der Waals surface area contributed by atoms with E-state index >= 15 is 0 Å². The lowest BCUT2D eigenvalue weighted by atomic mass is 10.1. The second-order valence-electron chi connectivity index (χ2n) is 6.22. The Labute approximate surface area is 181 Å². The quantitative estimate of drug-likeness (QED) is 0.516. The summed E-state index contributed by atoms with van der Waals surface area (Å²) in [6.07, 6.45) is 0. The molecule has 164 valence electrons. The smallest absolute Gasteiger partial charge is 0.326 e. The number of hydrogen-bond donors (Lipinski definition) is 0. The van der Waals surface area contributed by atoms with E-state index in [1.807, 2.05) is 0 Å². The summed E-state index contributed by atoms with van der Waals surface area (Å²) < 4.78 is 36.6. The molecule has 0 aliphatic carbocycles. The minimum absolute atomic E-state index is 0.166. The Hall–Kier alpha value is -3.40. The van der Waals surface area contributed by atoms with Crippen LogP contribution in [0, 0.1) is 5.82 Å². The van der Waals surface area contributed by atoms with Crippen LogP contribution in [0.3, 0.4) is 0 Å². The third-order valence-corrected chi connectivity index (χ3v) is 5.39. The number of amides is 1. The average molecular weight is 448 g/mol. The van der Waals surface area contributed by atoms with Crippen molar-refractivity contribution in [3.05, 3.63) is 46.5 Å². The van der Waals surface area contributed by atoms with Crippen LogP contribution < -0.4 is 19.0 Å². The van der Waals surface area contributed by atoms with E-state index in [9.17, 15) is 14.0 Å². The maximum Gasteiger partial charge on any atom is 0.326 e. The molecular weight excluding hydrogens is 427 g/mol. The number of carbonyl (C=O) groups excluding carboxylic acids is 2. The molecule has 1 amide bonds. The van der Waals surface area contributed by atoms with Crippen molar-refractivity contribution in [2.75, 3.05) is 27.9 Å². The molecule has 3 aromatic rings. The second kappa shape index (κ2) is 9.61. The zero-order valence-corrected chi connectivity index (χ0v) is 18.2. The van der Waals surface area contributed by atoms with Crippen LogP contribution in [0.15, 0.2) is 35.3 Å². The van der Waals surface area contributed by atoms with Crippen molar-refractivity contribution >= 4 is 33.4 Å². The Kier molecular flexibility index (Phi) is 6.91. The molecule has 0 fully saturated rings. The third-order valence-electron chi connectivity index (χ3n) is 4.35. The predicted molar refractivity (Wildman–Crippen MR) is 112 cm³/mol. The van der Waals surface area contributed by atoms with Gasteiger partial charge in [0.15, 0.2) is 16.3 Å². The summed E-state index contributed by atoms with van der Waals surface area (Å²) in [7, 11) is 4.34. The highest BCUT2D eigenvalue weighted by Gasteiger charge is 2.18. The van der Waals surface area contributed by atoms with E-state index in [4.69, 9.17) is 18.9 Å². The minimum atomic E-state index is -0.594. The summed E-state index contributed by atoms with van der Waals surface area (Å²) in [5.74, 6) is -0.565. The number of nitrogens with zero attached hydrogens (tertiary/aromatic N) is 2. The average Bonchev–Trinajstić information content (AvgIpc) is 3.08. The van der Waals surface area contributed by atoms with Crippen molar-refractivity contribution in [3.8, 4) is 17.2 Å². The first kappa shape index (κ1) is 22.3. The zero-order chi connectivity index (χ0) is 22.5. The van der Waals surface area contributed by atoms with Gasteiger partial charge in [-0.1, -0.05) is 11.3 Å². The fourth-order valence-corrected chi connectivity index (χ4v) is 4.03. The summed E-state index contributed by atoms with van der Waals surface area (Å²) in [5.41, 5.74) is 0.761. The summed E-state index contributed by atoms with van der Waals surface area (Å²) in [6, 6.07) is 7.10. The highest BCUT2D eigenvalue weighted by molar-refractivity contribution is 7.16. The van der Waals surface area contributed by atoms with Crippen molar-refractivity contribution in [2.24, 2.45) is 4.99 Å². The Morgan fingerprint density at radius 2 is 1.74 bits per heavy atom. The molecule has 0 saturated heterocycles. The molecule has 0 spiro atoms. The van der Waals surface area contributed by atoms with Gasteiger partial charge in [0, 0.05) is 5.56 Å². The molecule has 0 aliphatic rings. The molecule has 10 heteroatoms. The lowest BCUT2D eigenvalue weighted by Crippen LogP contribution is -2.23. The summed E-state index contributed by atoms with van der Waals surface area (Å²) in [5, 5.41) is 0. The third kappa shape index (κ3) is 4.69. The molecule has 0 atom stereocenters. The lowest BCUT2D eigenvalue weighted by molar-refractivity contribution is -0.143. The second-order valence-corrected chi connectivity index (χ2v) is 7.23. The maximum atomic E-state index is 13.7. The molecule has 0 aliphatic heterocycles. The number of fused-ring (bicyclic) bond motifs is 1. The van der Waals surface area contributed by atoms with Crippen LogP contribution in [0.4, 0.5) is 4.39 Å². The van der Waals surface area contributed by atoms with E-state index in [1.54, 1.807) is 6.92 Å². The van der Waals surface area contributed by atoms with Gasteiger partial charge in [0.2, 0.25) is 5.75 Å². The van der Waals surface area contributed by atoms with Gasteiger partial charge in [-0.2, -0.15) is 4.99 Å². The molecule has 1 heterocycles. The fourth-order valence-electron chi connectivity index (χ4n) is 2.98. The lowest BCUT2D eigenvalue weighted by Gasteiger charge is -2.12. The molecule has 0 bridgehead atoms. The van der Waals surface area contributed by atoms with E-state index < -0.39 is 17.7 Å². The number of methoxy groups -OCH3 is 3. The number of thiazole rings is 1. The van der Waals surface area contributed by atoms with Gasteiger partial charge >= 0.3 is 5.97 Å². The number of aromatic nitrogens is 1. The van der Waals surface area contributed by atoms with Crippen molar-refractivity contribution in [1.29, 1.82) is 0 Å². The Morgan fingerprint density at radius 3 is 2.32 bits per heavy atom. The normalized spacial score (nSPS) is 11.5. The highest BCUT2D eigenvalue weighted by Crippen LogP contribution is 2.38. The Balaban J connectivity index is 2.13. The van der Waals surface area contributed by atoms with Gasteiger partial charge in [0.25, 0.3) is 5.91 Å². The van der Waals surface area contributed by atoms with Crippen LogP contribution in [-0.4, -0.2) is 44.4 Å². The first-order valence-electron chi connectivity index (χ1n) is 9.25. The summed E-state index contributed by atoms with van der Waals surface area (Å²) >= 11 is 1.09. The highest BCUT2D eigenvalue weighted by atomic mass is 32.1. The van der Waals surface area contributed by atoms with Crippen LogP contribution in [0.5, 0.6) is 17.2 Å². The molecule has 31 heavy (non-hydrogen) atoms. The Bertz CT molecular complexity index is 1180. The van der Waals surface area contributed by atoms with Gasteiger partial charge in [-0.05, 0) is 37.3 Å².